The van der Waals surface area contributed by atoms with Crippen molar-refractivity contribution < 1.29 is 9.90 Å². The van der Waals surface area contributed by atoms with Crippen molar-refractivity contribution in [2.24, 2.45) is 0 Å². The van der Waals surface area contributed by atoms with Gasteiger partial charge in [-0.25, -0.2) is 4.98 Å². The number of nitrogens with zero attached hydrogens (tertiary/aromatic N) is 2. The maximum Gasteiger partial charge on any atom is 0.309 e. The molecule has 0 radical (unpaired) electrons. The average Bonchev–Trinajstić information content (AvgIpc) is 2.46. The van der Waals surface area contributed by atoms with Crippen LogP contribution in [0, 0.1) is 6.92 Å². The van der Waals surface area contributed by atoms with E-state index in [9.17, 15) is 4.79 Å². The summed E-state index contributed by atoms with van der Waals surface area (Å²) >= 11 is 0. The van der Waals surface area contributed by atoms with Gasteiger partial charge in [0.05, 0.1) is 24.1 Å². The lowest BCUT2D eigenvalue weighted by Crippen LogP contribution is -2.11. The molecular formula is C10H16N2O2. The van der Waals surface area contributed by atoms with E-state index in [1.54, 1.807) is 6.33 Å². The second kappa shape index (κ2) is 4.26. The summed E-state index contributed by atoms with van der Waals surface area (Å²) in [4.78, 5) is 14.8. The first kappa shape index (κ1) is 10.8. The van der Waals surface area contributed by atoms with Crippen LogP contribution in [-0.4, -0.2) is 20.6 Å². The SMILES string of the molecule is CCC(C)n1cnc(C)c1CC(=O)O. The lowest BCUT2D eigenvalue weighted by molar-refractivity contribution is -0.136. The molecule has 0 aromatic carbocycles. The van der Waals surface area contributed by atoms with Crippen LogP contribution >= 0.6 is 0 Å². The van der Waals surface area contributed by atoms with Crippen LogP contribution < -0.4 is 0 Å². The van der Waals surface area contributed by atoms with Gasteiger partial charge in [0.25, 0.3) is 0 Å². The van der Waals surface area contributed by atoms with Crippen LogP contribution in [-0.2, 0) is 11.2 Å². The van der Waals surface area contributed by atoms with Crippen molar-refractivity contribution >= 4 is 5.97 Å². The van der Waals surface area contributed by atoms with Gasteiger partial charge in [0.2, 0.25) is 0 Å². The standard InChI is InChI=1S/C10H16N2O2/c1-4-7(2)12-6-11-8(3)9(12)5-10(13)14/h6-7H,4-5H2,1-3H3,(H,13,14). The highest BCUT2D eigenvalue weighted by Gasteiger charge is 2.13. The first-order valence-electron chi connectivity index (χ1n) is 4.80. The molecular weight excluding hydrogens is 180 g/mol. The summed E-state index contributed by atoms with van der Waals surface area (Å²) in [6.07, 6.45) is 2.75. The Hall–Kier alpha value is -1.32. The van der Waals surface area contributed by atoms with Crippen molar-refractivity contribution in [1.29, 1.82) is 0 Å². The summed E-state index contributed by atoms with van der Waals surface area (Å²) in [5.74, 6) is -0.807. The van der Waals surface area contributed by atoms with Gasteiger partial charge in [-0.05, 0) is 20.3 Å². The molecule has 4 nitrogen and oxygen atoms in total. The van der Waals surface area contributed by atoms with Crippen LogP contribution in [0.3, 0.4) is 0 Å². The number of carboxylic acid groups (broad SMARTS) is 1. The quantitative estimate of drug-likeness (QED) is 0.798. The van der Waals surface area contributed by atoms with E-state index in [1.807, 2.05) is 11.5 Å². The summed E-state index contributed by atoms with van der Waals surface area (Å²) in [5.41, 5.74) is 1.62. The molecule has 1 rings (SSSR count). The van der Waals surface area contributed by atoms with Gasteiger partial charge in [0, 0.05) is 6.04 Å². The largest absolute Gasteiger partial charge is 0.481 e. The summed E-state index contributed by atoms with van der Waals surface area (Å²) in [6, 6.07) is 0.311. The molecule has 78 valence electrons. The zero-order chi connectivity index (χ0) is 10.7. The molecule has 1 heterocycles. The molecule has 0 aliphatic rings. The van der Waals surface area contributed by atoms with E-state index in [-0.39, 0.29) is 6.42 Å². The van der Waals surface area contributed by atoms with Gasteiger partial charge < -0.3 is 9.67 Å². The Labute approximate surface area is 83.6 Å². The van der Waals surface area contributed by atoms with Gasteiger partial charge in [-0.2, -0.15) is 0 Å². The summed E-state index contributed by atoms with van der Waals surface area (Å²) < 4.78 is 1.95. The Morgan fingerprint density at radius 2 is 2.36 bits per heavy atom. The molecule has 0 aliphatic carbocycles. The number of imidazole rings is 1. The highest BCUT2D eigenvalue weighted by atomic mass is 16.4. The van der Waals surface area contributed by atoms with Gasteiger partial charge in [-0.15, -0.1) is 0 Å². The molecule has 0 amide bonds. The first-order chi connectivity index (χ1) is 6.56. The van der Waals surface area contributed by atoms with Crippen molar-refractivity contribution in [3.05, 3.63) is 17.7 Å². The number of carboxylic acids is 1. The fourth-order valence-electron chi connectivity index (χ4n) is 1.42. The maximum atomic E-state index is 10.6. The fourth-order valence-corrected chi connectivity index (χ4v) is 1.42. The van der Waals surface area contributed by atoms with Gasteiger partial charge >= 0.3 is 5.97 Å². The first-order valence-corrected chi connectivity index (χ1v) is 4.80. The minimum absolute atomic E-state index is 0.0518. The lowest BCUT2D eigenvalue weighted by Gasteiger charge is -2.13. The molecule has 1 N–H and O–H groups in total. The number of rotatable bonds is 4. The van der Waals surface area contributed by atoms with Crippen LogP contribution in [0.1, 0.15) is 37.7 Å². The predicted octanol–water partition coefficient (Wildman–Crippen LogP) is 1.79. The van der Waals surface area contributed by atoms with E-state index in [0.717, 1.165) is 17.8 Å². The van der Waals surface area contributed by atoms with E-state index in [2.05, 4.69) is 18.8 Å². The number of aryl methyl sites for hydroxylation is 1. The second-order valence-corrected chi connectivity index (χ2v) is 3.51. The topological polar surface area (TPSA) is 55.1 Å². The molecule has 0 spiro atoms. The van der Waals surface area contributed by atoms with Crippen LogP contribution in [0.5, 0.6) is 0 Å². The monoisotopic (exact) mass is 196 g/mol. The molecule has 14 heavy (non-hydrogen) atoms. The number of aromatic nitrogens is 2. The molecule has 4 heteroatoms. The number of aliphatic carboxylic acids is 1. The van der Waals surface area contributed by atoms with Gasteiger partial charge in [0.15, 0.2) is 0 Å². The van der Waals surface area contributed by atoms with Crippen LogP contribution in [0.15, 0.2) is 6.33 Å². The molecule has 0 fully saturated rings. The molecule has 0 bridgehead atoms. The fraction of sp³-hybridized carbons (Fsp3) is 0.600. The van der Waals surface area contributed by atoms with Gasteiger partial charge in [-0.1, -0.05) is 6.92 Å². The summed E-state index contributed by atoms with van der Waals surface area (Å²) in [5, 5.41) is 8.75. The summed E-state index contributed by atoms with van der Waals surface area (Å²) in [6.45, 7) is 5.98. The van der Waals surface area contributed by atoms with Crippen LogP contribution in [0.25, 0.3) is 0 Å². The van der Waals surface area contributed by atoms with Crippen molar-refractivity contribution in [3.8, 4) is 0 Å². The second-order valence-electron chi connectivity index (χ2n) is 3.51. The molecule has 1 unspecified atom stereocenters. The Bertz CT molecular complexity index is 331. The third-order valence-corrected chi connectivity index (χ3v) is 2.49. The highest BCUT2D eigenvalue weighted by molar-refractivity contribution is 5.69. The van der Waals surface area contributed by atoms with Gasteiger partial charge in [-0.3, -0.25) is 4.79 Å². The lowest BCUT2D eigenvalue weighted by atomic mass is 10.2. The normalized spacial score (nSPS) is 12.8. The Morgan fingerprint density at radius 3 is 2.86 bits per heavy atom. The number of hydrogen-bond donors (Lipinski definition) is 1. The molecule has 0 saturated heterocycles. The predicted molar refractivity (Wildman–Crippen MR) is 53.3 cm³/mol. The maximum absolute atomic E-state index is 10.6. The highest BCUT2D eigenvalue weighted by Crippen LogP contribution is 2.16. The third kappa shape index (κ3) is 2.13. The zero-order valence-electron chi connectivity index (χ0n) is 8.82. The summed E-state index contributed by atoms with van der Waals surface area (Å²) in [7, 11) is 0. The minimum atomic E-state index is -0.807. The van der Waals surface area contributed by atoms with E-state index >= 15 is 0 Å². The number of hydrogen-bond acceptors (Lipinski definition) is 2. The van der Waals surface area contributed by atoms with Crippen molar-refractivity contribution in [3.63, 3.8) is 0 Å². The smallest absolute Gasteiger partial charge is 0.309 e. The van der Waals surface area contributed by atoms with E-state index in [0.29, 0.717) is 6.04 Å². The molecule has 0 saturated carbocycles. The Kier molecular flexibility index (Phi) is 3.28. The average molecular weight is 196 g/mol. The van der Waals surface area contributed by atoms with E-state index < -0.39 is 5.97 Å². The van der Waals surface area contributed by atoms with Crippen molar-refractivity contribution in [1.82, 2.24) is 9.55 Å². The molecule has 1 aromatic heterocycles. The van der Waals surface area contributed by atoms with Crippen molar-refractivity contribution in [2.45, 2.75) is 39.7 Å². The van der Waals surface area contributed by atoms with Crippen LogP contribution in [0.4, 0.5) is 0 Å². The third-order valence-electron chi connectivity index (χ3n) is 2.49. The molecule has 1 aromatic rings. The van der Waals surface area contributed by atoms with Crippen LogP contribution in [0.2, 0.25) is 0 Å². The van der Waals surface area contributed by atoms with Crippen molar-refractivity contribution in [2.75, 3.05) is 0 Å². The Balaban J connectivity index is 2.99. The molecule has 0 aliphatic heterocycles. The molecule has 1 atom stereocenters. The Morgan fingerprint density at radius 1 is 1.71 bits per heavy atom. The number of carbonyl (C=O) groups is 1. The zero-order valence-corrected chi connectivity index (χ0v) is 8.82. The van der Waals surface area contributed by atoms with E-state index in [1.165, 1.54) is 0 Å². The van der Waals surface area contributed by atoms with E-state index in [4.69, 9.17) is 5.11 Å². The van der Waals surface area contributed by atoms with Gasteiger partial charge in [0.1, 0.15) is 0 Å². The minimum Gasteiger partial charge on any atom is -0.481 e.